The van der Waals surface area contributed by atoms with Crippen molar-refractivity contribution < 1.29 is 14.6 Å². The molecule has 4 N–H and O–H groups in total. The number of thioether (sulfide) groups is 1. The van der Waals surface area contributed by atoms with Gasteiger partial charge in [0.05, 0.1) is 18.2 Å². The number of carbonyl (C=O) groups is 1. The van der Waals surface area contributed by atoms with Crippen LogP contribution in [0.2, 0.25) is 0 Å². The summed E-state index contributed by atoms with van der Waals surface area (Å²) in [5.74, 6) is 0.782. The van der Waals surface area contributed by atoms with Gasteiger partial charge in [0.2, 0.25) is 0 Å². The molecular weight excluding hydrogens is 352 g/mol. The summed E-state index contributed by atoms with van der Waals surface area (Å²) >= 11 is 1.37. The van der Waals surface area contributed by atoms with Crippen LogP contribution >= 0.6 is 11.8 Å². The van der Waals surface area contributed by atoms with Gasteiger partial charge in [-0.2, -0.15) is 5.26 Å². The van der Waals surface area contributed by atoms with Crippen LogP contribution in [0.3, 0.4) is 0 Å². The van der Waals surface area contributed by atoms with Crippen LogP contribution in [0.4, 0.5) is 5.82 Å². The molecule has 1 aliphatic rings. The number of pyridine rings is 1. The number of nitrogens with zero attached hydrogens (tertiary/aromatic N) is 2. The van der Waals surface area contributed by atoms with Gasteiger partial charge in [-0.25, -0.2) is 4.98 Å². The van der Waals surface area contributed by atoms with Crippen LogP contribution in [0.25, 0.3) is 0 Å². The lowest BCUT2D eigenvalue weighted by Crippen LogP contribution is -2.40. The van der Waals surface area contributed by atoms with E-state index in [1.54, 1.807) is 24.3 Å². The van der Waals surface area contributed by atoms with E-state index in [4.69, 9.17) is 10.5 Å². The minimum absolute atomic E-state index is 0.000426. The Balaban J connectivity index is 2.23. The maximum Gasteiger partial charge on any atom is 0.258 e. The molecule has 26 heavy (non-hydrogen) atoms. The van der Waals surface area contributed by atoms with E-state index < -0.39 is 11.6 Å². The van der Waals surface area contributed by atoms with Crippen molar-refractivity contribution in [2.45, 2.75) is 24.1 Å². The zero-order valence-electron chi connectivity index (χ0n) is 14.4. The Hall–Kier alpha value is -2.76. The number of rotatable bonds is 5. The molecular formula is C18H18N4O3S. The Morgan fingerprint density at radius 3 is 2.69 bits per heavy atom. The number of ether oxygens (including phenoxy) is 1. The molecule has 1 aliphatic heterocycles. The van der Waals surface area contributed by atoms with E-state index in [0.29, 0.717) is 16.3 Å². The number of carbonyl (C=O) groups excluding carboxylic acids is 1. The Labute approximate surface area is 155 Å². The molecule has 1 aromatic heterocycles. The molecule has 0 radical (unpaired) electrons. The van der Waals surface area contributed by atoms with Crippen LogP contribution in [-0.2, 0) is 5.72 Å². The topological polar surface area (TPSA) is 121 Å². The molecule has 1 atom stereocenters. The fourth-order valence-corrected chi connectivity index (χ4v) is 3.77. The number of amides is 1. The van der Waals surface area contributed by atoms with Gasteiger partial charge in [0.1, 0.15) is 22.7 Å². The summed E-state index contributed by atoms with van der Waals surface area (Å²) in [6.07, 6.45) is 0.883. The van der Waals surface area contributed by atoms with Crippen molar-refractivity contribution in [2.75, 3.05) is 18.6 Å². The number of nitrogens with two attached hydrogens (primary N) is 1. The van der Waals surface area contributed by atoms with Crippen molar-refractivity contribution >= 4 is 23.5 Å². The molecule has 0 saturated heterocycles. The van der Waals surface area contributed by atoms with Gasteiger partial charge in [0, 0.05) is 11.1 Å². The normalized spacial score (nSPS) is 18.2. The van der Waals surface area contributed by atoms with Crippen LogP contribution in [0, 0.1) is 11.3 Å². The van der Waals surface area contributed by atoms with Gasteiger partial charge in [-0.05, 0) is 24.3 Å². The van der Waals surface area contributed by atoms with Crippen LogP contribution in [-0.4, -0.2) is 28.9 Å². The van der Waals surface area contributed by atoms with E-state index in [1.807, 2.05) is 6.92 Å². The number of anilines is 1. The lowest BCUT2D eigenvalue weighted by molar-refractivity contribution is 0.0473. The summed E-state index contributed by atoms with van der Waals surface area (Å²) in [6.45, 7) is 2.01. The zero-order chi connectivity index (χ0) is 18.9. The molecule has 134 valence electrons. The molecule has 7 nitrogen and oxygen atoms in total. The molecule has 0 aliphatic carbocycles. The summed E-state index contributed by atoms with van der Waals surface area (Å²) in [5, 5.41) is 24.0. The van der Waals surface area contributed by atoms with Gasteiger partial charge < -0.3 is 20.9 Å². The van der Waals surface area contributed by atoms with Crippen LogP contribution in [0.15, 0.2) is 29.3 Å². The van der Waals surface area contributed by atoms with E-state index in [0.717, 1.165) is 12.2 Å². The van der Waals surface area contributed by atoms with Crippen molar-refractivity contribution in [1.82, 2.24) is 10.3 Å². The second kappa shape index (κ2) is 6.86. The highest BCUT2D eigenvalue weighted by Gasteiger charge is 2.47. The highest BCUT2D eigenvalue weighted by Crippen LogP contribution is 2.42. The van der Waals surface area contributed by atoms with Crippen LogP contribution in [0.1, 0.15) is 40.4 Å². The van der Waals surface area contributed by atoms with Crippen molar-refractivity contribution in [3.8, 4) is 11.8 Å². The average Bonchev–Trinajstić information content (AvgIpc) is 2.92. The molecule has 8 heteroatoms. The van der Waals surface area contributed by atoms with Gasteiger partial charge in [-0.1, -0.05) is 19.1 Å². The molecule has 2 heterocycles. The number of hydrogen-bond donors (Lipinski definition) is 3. The smallest absolute Gasteiger partial charge is 0.258 e. The third kappa shape index (κ3) is 2.75. The predicted molar refractivity (Wildman–Crippen MR) is 97.8 cm³/mol. The summed E-state index contributed by atoms with van der Waals surface area (Å²) in [7, 11) is 1.54. The quantitative estimate of drug-likeness (QED) is 0.688. The summed E-state index contributed by atoms with van der Waals surface area (Å²) in [4.78, 5) is 16.7. The third-order valence-corrected chi connectivity index (χ3v) is 5.32. The van der Waals surface area contributed by atoms with Gasteiger partial charge >= 0.3 is 0 Å². The molecule has 0 saturated carbocycles. The summed E-state index contributed by atoms with van der Waals surface area (Å²) in [5.41, 5.74) is 4.87. The highest BCUT2D eigenvalue weighted by molar-refractivity contribution is 7.99. The molecule has 1 amide bonds. The Morgan fingerprint density at radius 2 is 2.12 bits per heavy atom. The van der Waals surface area contributed by atoms with E-state index in [2.05, 4.69) is 16.4 Å². The first kappa shape index (κ1) is 18.0. The standard InChI is InChI=1S/C18H18N4O3S/c1-3-8-26-17-12(9-19)14-13(15(20)21-17)16(23)22-18(14,24)10-4-6-11(25-2)7-5-10/h4-7,24H,3,8H2,1-2H3,(H2,20,21)(H,22,23). The predicted octanol–water partition coefficient (Wildman–Crippen LogP) is 1.98. The molecule has 2 aromatic rings. The van der Waals surface area contributed by atoms with Crippen molar-refractivity contribution in [3.05, 3.63) is 46.5 Å². The number of nitrogens with one attached hydrogen (secondary N) is 1. The fourth-order valence-electron chi connectivity index (χ4n) is 2.92. The average molecular weight is 370 g/mol. The second-order valence-electron chi connectivity index (χ2n) is 5.78. The Kier molecular flexibility index (Phi) is 4.76. The number of aromatic nitrogens is 1. The van der Waals surface area contributed by atoms with Crippen molar-refractivity contribution in [2.24, 2.45) is 0 Å². The first-order valence-electron chi connectivity index (χ1n) is 8.02. The summed E-state index contributed by atoms with van der Waals surface area (Å²) < 4.78 is 5.13. The minimum atomic E-state index is -1.86. The second-order valence-corrected chi connectivity index (χ2v) is 6.86. The number of aliphatic hydroxyl groups is 1. The largest absolute Gasteiger partial charge is 0.497 e. The Morgan fingerprint density at radius 1 is 1.42 bits per heavy atom. The molecule has 1 aromatic carbocycles. The van der Waals surface area contributed by atoms with Gasteiger partial charge in [0.15, 0.2) is 5.72 Å². The van der Waals surface area contributed by atoms with Gasteiger partial charge in [-0.15, -0.1) is 11.8 Å². The zero-order valence-corrected chi connectivity index (χ0v) is 15.2. The first-order valence-corrected chi connectivity index (χ1v) is 9.01. The van der Waals surface area contributed by atoms with Crippen LogP contribution < -0.4 is 15.8 Å². The highest BCUT2D eigenvalue weighted by atomic mass is 32.2. The number of benzene rings is 1. The van der Waals surface area contributed by atoms with E-state index in [9.17, 15) is 15.2 Å². The monoisotopic (exact) mass is 370 g/mol. The number of fused-ring (bicyclic) bond motifs is 1. The maximum atomic E-state index is 12.5. The SMILES string of the molecule is CCCSc1nc(N)c2c(c1C#N)C(O)(c1ccc(OC)cc1)NC2=O. The number of nitrogen functional groups attached to an aromatic ring is 1. The van der Waals surface area contributed by atoms with Crippen molar-refractivity contribution in [1.29, 1.82) is 5.26 Å². The number of methoxy groups -OCH3 is 1. The number of hydrogen-bond acceptors (Lipinski definition) is 7. The Bertz CT molecular complexity index is 908. The molecule has 0 bridgehead atoms. The van der Waals surface area contributed by atoms with Gasteiger partial charge in [0.25, 0.3) is 5.91 Å². The first-order chi connectivity index (χ1) is 12.5. The van der Waals surface area contributed by atoms with E-state index >= 15 is 0 Å². The fraction of sp³-hybridized carbons (Fsp3) is 0.278. The minimum Gasteiger partial charge on any atom is -0.497 e. The van der Waals surface area contributed by atoms with E-state index in [-0.39, 0.29) is 22.5 Å². The summed E-state index contributed by atoms with van der Waals surface area (Å²) in [6, 6.07) is 8.68. The lowest BCUT2D eigenvalue weighted by Gasteiger charge is -2.26. The van der Waals surface area contributed by atoms with Crippen molar-refractivity contribution in [3.63, 3.8) is 0 Å². The van der Waals surface area contributed by atoms with Gasteiger partial charge in [-0.3, -0.25) is 4.79 Å². The molecule has 0 fully saturated rings. The third-order valence-electron chi connectivity index (χ3n) is 4.14. The molecule has 0 spiro atoms. The number of nitriles is 1. The molecule has 1 unspecified atom stereocenters. The molecule has 3 rings (SSSR count). The maximum absolute atomic E-state index is 12.5. The van der Waals surface area contributed by atoms with E-state index in [1.165, 1.54) is 18.9 Å². The van der Waals surface area contributed by atoms with Crippen LogP contribution in [0.5, 0.6) is 5.75 Å². The lowest BCUT2D eigenvalue weighted by atomic mass is 9.91.